The number of aromatic nitrogens is 1. The topological polar surface area (TPSA) is 34.1 Å². The summed E-state index contributed by atoms with van der Waals surface area (Å²) in [5.74, 6) is 0. The molecule has 1 aliphatic rings. The number of ether oxygens (including phenoxy) is 1. The number of benzene rings is 1. The number of nitrogens with one attached hydrogen (secondary N) is 1. The lowest BCUT2D eigenvalue weighted by Crippen LogP contribution is -2.24. The second kappa shape index (κ2) is 5.95. The normalized spacial score (nSPS) is 14.1. The van der Waals surface area contributed by atoms with Crippen LogP contribution in [-0.2, 0) is 30.9 Å². The van der Waals surface area contributed by atoms with Gasteiger partial charge in [0.15, 0.2) is 0 Å². The Hall–Kier alpha value is -1.71. The van der Waals surface area contributed by atoms with Crippen LogP contribution in [0, 0.1) is 0 Å². The molecule has 1 aromatic heterocycles. The highest BCUT2D eigenvalue weighted by molar-refractivity contribution is 5.25. The molecule has 2 aromatic rings. The molecule has 3 heteroatoms. The molecule has 1 aromatic carbocycles. The van der Waals surface area contributed by atoms with Crippen molar-refractivity contribution in [2.75, 3.05) is 6.54 Å². The highest BCUT2D eigenvalue weighted by atomic mass is 16.5. The average Bonchev–Trinajstić information content (AvgIpc) is 2.48. The molecule has 3 nitrogen and oxygen atoms in total. The van der Waals surface area contributed by atoms with E-state index in [0.717, 1.165) is 25.2 Å². The Labute approximate surface area is 113 Å². The summed E-state index contributed by atoms with van der Waals surface area (Å²) in [5.41, 5.74) is 4.76. The van der Waals surface area contributed by atoms with Gasteiger partial charge in [0.2, 0.25) is 0 Å². The molecule has 0 saturated heterocycles. The predicted octanol–water partition coefficient (Wildman–Crippen LogP) is 2.44. The van der Waals surface area contributed by atoms with Crippen LogP contribution in [0.5, 0.6) is 0 Å². The number of pyridine rings is 1. The first-order valence-electron chi connectivity index (χ1n) is 6.72. The molecule has 98 valence electrons. The summed E-state index contributed by atoms with van der Waals surface area (Å²) in [6.07, 6.45) is 1.02. The van der Waals surface area contributed by atoms with Crippen LogP contribution in [-0.4, -0.2) is 11.5 Å². The predicted molar refractivity (Wildman–Crippen MR) is 74.6 cm³/mol. The maximum absolute atomic E-state index is 5.72. The van der Waals surface area contributed by atoms with E-state index in [1.165, 1.54) is 16.8 Å². The van der Waals surface area contributed by atoms with Crippen LogP contribution < -0.4 is 5.32 Å². The zero-order chi connectivity index (χ0) is 12.9. The van der Waals surface area contributed by atoms with Gasteiger partial charge < -0.3 is 10.1 Å². The van der Waals surface area contributed by atoms with Crippen molar-refractivity contribution in [3.05, 3.63) is 65.0 Å². The number of rotatable bonds is 4. The van der Waals surface area contributed by atoms with Gasteiger partial charge in [-0.1, -0.05) is 36.4 Å². The van der Waals surface area contributed by atoms with Gasteiger partial charge in [-0.15, -0.1) is 0 Å². The quantitative estimate of drug-likeness (QED) is 0.910. The van der Waals surface area contributed by atoms with Crippen LogP contribution in [0.25, 0.3) is 0 Å². The van der Waals surface area contributed by atoms with Crippen LogP contribution >= 0.6 is 0 Å². The molecule has 3 rings (SSSR count). The fourth-order valence-electron chi connectivity index (χ4n) is 2.31. The fourth-order valence-corrected chi connectivity index (χ4v) is 2.31. The lowest BCUT2D eigenvalue weighted by molar-refractivity contribution is 0.104. The van der Waals surface area contributed by atoms with E-state index in [1.807, 2.05) is 18.2 Å². The molecule has 2 heterocycles. The third kappa shape index (κ3) is 3.19. The van der Waals surface area contributed by atoms with E-state index in [2.05, 4.69) is 34.6 Å². The zero-order valence-corrected chi connectivity index (χ0v) is 10.9. The van der Waals surface area contributed by atoms with Gasteiger partial charge in [0.25, 0.3) is 0 Å². The van der Waals surface area contributed by atoms with Crippen molar-refractivity contribution in [2.24, 2.45) is 0 Å². The van der Waals surface area contributed by atoms with E-state index in [1.54, 1.807) is 0 Å². The van der Waals surface area contributed by atoms with Crippen molar-refractivity contribution in [3.63, 3.8) is 0 Å². The molecular formula is C16H18N2O. The Morgan fingerprint density at radius 3 is 2.84 bits per heavy atom. The summed E-state index contributed by atoms with van der Waals surface area (Å²) in [6.45, 7) is 3.18. The molecule has 0 radical (unpaired) electrons. The summed E-state index contributed by atoms with van der Waals surface area (Å²) >= 11 is 0. The minimum Gasteiger partial charge on any atom is -0.370 e. The van der Waals surface area contributed by atoms with E-state index < -0.39 is 0 Å². The second-order valence-corrected chi connectivity index (χ2v) is 4.81. The van der Waals surface area contributed by atoms with Crippen LogP contribution in [0.1, 0.15) is 22.5 Å². The number of fused-ring (bicyclic) bond motifs is 1. The van der Waals surface area contributed by atoms with Crippen LogP contribution in [0.4, 0.5) is 0 Å². The number of nitrogens with zero attached hydrogens (tertiary/aromatic N) is 1. The summed E-state index contributed by atoms with van der Waals surface area (Å²) < 4.78 is 5.72. The van der Waals surface area contributed by atoms with Crippen molar-refractivity contribution < 1.29 is 4.74 Å². The Morgan fingerprint density at radius 1 is 1.05 bits per heavy atom. The molecule has 0 bridgehead atoms. The summed E-state index contributed by atoms with van der Waals surface area (Å²) in [5, 5.41) is 3.35. The van der Waals surface area contributed by atoms with Gasteiger partial charge in [-0.25, -0.2) is 0 Å². The van der Waals surface area contributed by atoms with Crippen LogP contribution in [0.2, 0.25) is 0 Å². The van der Waals surface area contributed by atoms with Gasteiger partial charge in [-0.3, -0.25) is 4.98 Å². The lowest BCUT2D eigenvalue weighted by Gasteiger charge is -2.16. The second-order valence-electron chi connectivity index (χ2n) is 4.81. The first-order chi connectivity index (χ1) is 9.42. The monoisotopic (exact) mass is 254 g/mol. The van der Waals surface area contributed by atoms with Crippen molar-refractivity contribution in [3.8, 4) is 0 Å². The van der Waals surface area contributed by atoms with Crippen molar-refractivity contribution >= 4 is 0 Å². The van der Waals surface area contributed by atoms with Gasteiger partial charge in [0.05, 0.1) is 18.9 Å². The minimum absolute atomic E-state index is 0.579. The Bertz CT molecular complexity index is 540. The van der Waals surface area contributed by atoms with Gasteiger partial charge >= 0.3 is 0 Å². The van der Waals surface area contributed by atoms with E-state index in [9.17, 15) is 0 Å². The highest BCUT2D eigenvalue weighted by Gasteiger charge is 2.10. The largest absolute Gasteiger partial charge is 0.370 e. The molecule has 0 spiro atoms. The Balaban J connectivity index is 1.58. The summed E-state index contributed by atoms with van der Waals surface area (Å²) in [4.78, 5) is 4.68. The van der Waals surface area contributed by atoms with E-state index in [4.69, 9.17) is 4.74 Å². The van der Waals surface area contributed by atoms with Crippen molar-refractivity contribution in [2.45, 2.75) is 26.2 Å². The third-order valence-electron chi connectivity index (χ3n) is 3.34. The molecule has 1 N–H and O–H groups in total. The molecule has 1 aliphatic heterocycles. The molecule has 0 saturated carbocycles. The maximum Gasteiger partial charge on any atom is 0.0892 e. The van der Waals surface area contributed by atoms with Gasteiger partial charge in [-0.2, -0.15) is 0 Å². The smallest absolute Gasteiger partial charge is 0.0892 e. The Morgan fingerprint density at radius 2 is 1.95 bits per heavy atom. The standard InChI is InChI=1S/C16H18N2O/c1-2-4-13(5-3-1)11-19-12-15-7-6-14-10-17-9-8-16(14)18-15/h1-7,17H,8-12H2. The third-order valence-corrected chi connectivity index (χ3v) is 3.34. The zero-order valence-electron chi connectivity index (χ0n) is 10.9. The first kappa shape index (κ1) is 12.3. The van der Waals surface area contributed by atoms with Gasteiger partial charge in [0.1, 0.15) is 0 Å². The molecular weight excluding hydrogens is 236 g/mol. The lowest BCUT2D eigenvalue weighted by atomic mass is 10.1. The maximum atomic E-state index is 5.72. The van der Waals surface area contributed by atoms with Crippen LogP contribution in [0.3, 0.4) is 0 Å². The fraction of sp³-hybridized carbons (Fsp3) is 0.312. The first-order valence-corrected chi connectivity index (χ1v) is 6.72. The SMILES string of the molecule is c1ccc(COCc2ccc3c(n2)CCNC3)cc1. The molecule has 19 heavy (non-hydrogen) atoms. The van der Waals surface area contributed by atoms with Crippen molar-refractivity contribution in [1.29, 1.82) is 0 Å². The molecule has 0 atom stereocenters. The summed E-state index contributed by atoms with van der Waals surface area (Å²) in [7, 11) is 0. The number of hydrogen-bond acceptors (Lipinski definition) is 3. The van der Waals surface area contributed by atoms with Crippen LogP contribution in [0.15, 0.2) is 42.5 Å². The highest BCUT2D eigenvalue weighted by Crippen LogP contribution is 2.13. The molecule has 0 fully saturated rings. The molecule has 0 amide bonds. The molecule has 0 aliphatic carbocycles. The van der Waals surface area contributed by atoms with E-state index in [-0.39, 0.29) is 0 Å². The summed E-state index contributed by atoms with van der Waals surface area (Å²) in [6, 6.07) is 14.5. The molecule has 0 unspecified atom stereocenters. The Kier molecular flexibility index (Phi) is 3.86. The van der Waals surface area contributed by atoms with E-state index >= 15 is 0 Å². The minimum atomic E-state index is 0.579. The van der Waals surface area contributed by atoms with E-state index in [0.29, 0.717) is 13.2 Å². The van der Waals surface area contributed by atoms with Crippen molar-refractivity contribution in [1.82, 2.24) is 10.3 Å². The average molecular weight is 254 g/mol. The number of hydrogen-bond donors (Lipinski definition) is 1. The van der Waals surface area contributed by atoms with Gasteiger partial charge in [-0.05, 0) is 17.2 Å². The van der Waals surface area contributed by atoms with Gasteiger partial charge in [0, 0.05) is 25.2 Å².